The molecule has 2 fully saturated rings. The number of aromatic nitrogens is 2. The van der Waals surface area contributed by atoms with Crippen LogP contribution in [0.4, 0.5) is 0 Å². The van der Waals surface area contributed by atoms with Gasteiger partial charge in [-0.2, -0.15) is 5.10 Å². The summed E-state index contributed by atoms with van der Waals surface area (Å²) in [5.74, 6) is 0.0672. The third-order valence-corrected chi connectivity index (χ3v) is 6.59. The van der Waals surface area contributed by atoms with Crippen molar-refractivity contribution in [1.82, 2.24) is 19.6 Å². The van der Waals surface area contributed by atoms with Crippen LogP contribution in [-0.4, -0.2) is 64.4 Å². The van der Waals surface area contributed by atoms with E-state index in [-0.39, 0.29) is 18.1 Å². The molecule has 0 bridgehead atoms. The van der Waals surface area contributed by atoms with Crippen molar-refractivity contribution in [2.24, 2.45) is 7.05 Å². The van der Waals surface area contributed by atoms with Crippen LogP contribution in [0.25, 0.3) is 10.8 Å². The molecule has 6 nitrogen and oxygen atoms in total. The molecule has 0 spiro atoms. The first-order valence-electron chi connectivity index (χ1n) is 11.3. The van der Waals surface area contributed by atoms with Crippen LogP contribution in [0.5, 0.6) is 0 Å². The van der Waals surface area contributed by atoms with Gasteiger partial charge < -0.3 is 14.5 Å². The molecule has 3 aromatic rings. The van der Waals surface area contributed by atoms with E-state index in [1.54, 1.807) is 0 Å². The zero-order valence-electron chi connectivity index (χ0n) is 18.1. The van der Waals surface area contributed by atoms with Crippen LogP contribution in [0.3, 0.4) is 0 Å². The molecule has 0 unspecified atom stereocenters. The lowest BCUT2D eigenvalue weighted by atomic mass is 9.97. The van der Waals surface area contributed by atoms with Gasteiger partial charge in [-0.1, -0.05) is 42.8 Å². The summed E-state index contributed by atoms with van der Waals surface area (Å²) in [7, 11) is 1.92. The van der Waals surface area contributed by atoms with E-state index in [0.29, 0.717) is 13.2 Å². The van der Waals surface area contributed by atoms with Crippen molar-refractivity contribution < 1.29 is 9.53 Å². The first kappa shape index (κ1) is 20.2. The summed E-state index contributed by atoms with van der Waals surface area (Å²) in [4.78, 5) is 18.4. The molecule has 2 aliphatic heterocycles. The maximum absolute atomic E-state index is 13.9. The number of fused-ring (bicyclic) bond motifs is 1. The normalized spacial score (nSPS) is 22.7. The molecule has 162 valence electrons. The van der Waals surface area contributed by atoms with Crippen molar-refractivity contribution >= 4 is 16.7 Å². The van der Waals surface area contributed by atoms with Crippen LogP contribution in [0, 0.1) is 0 Å². The van der Waals surface area contributed by atoms with Gasteiger partial charge in [0, 0.05) is 37.5 Å². The van der Waals surface area contributed by atoms with E-state index in [1.165, 1.54) is 19.3 Å². The molecule has 0 N–H and O–H groups in total. The van der Waals surface area contributed by atoms with Gasteiger partial charge >= 0.3 is 0 Å². The molecule has 3 heterocycles. The van der Waals surface area contributed by atoms with E-state index < -0.39 is 0 Å². The third kappa shape index (κ3) is 4.10. The summed E-state index contributed by atoms with van der Waals surface area (Å²) in [5.41, 5.74) is 1.79. The summed E-state index contributed by atoms with van der Waals surface area (Å²) in [5, 5.41) is 6.49. The molecule has 1 aromatic heterocycles. The Morgan fingerprint density at radius 2 is 1.87 bits per heavy atom. The number of morpholine rings is 1. The number of aryl methyl sites for hydroxylation is 1. The second-order valence-electron chi connectivity index (χ2n) is 8.69. The number of piperidine rings is 1. The van der Waals surface area contributed by atoms with Gasteiger partial charge in [0.15, 0.2) is 0 Å². The summed E-state index contributed by atoms with van der Waals surface area (Å²) in [6.07, 6.45) is 7.62. The number of ether oxygens (including phenoxy) is 1. The van der Waals surface area contributed by atoms with Gasteiger partial charge in [0.05, 0.1) is 24.9 Å². The van der Waals surface area contributed by atoms with Gasteiger partial charge in [0.2, 0.25) is 0 Å². The Hall–Kier alpha value is -2.70. The van der Waals surface area contributed by atoms with E-state index in [0.717, 1.165) is 41.5 Å². The minimum Gasteiger partial charge on any atom is -0.373 e. The molecular formula is C25H30N4O2. The van der Waals surface area contributed by atoms with Crippen LogP contribution in [0.15, 0.2) is 54.9 Å². The monoisotopic (exact) mass is 418 g/mol. The Morgan fingerprint density at radius 1 is 1.06 bits per heavy atom. The number of hydrogen-bond donors (Lipinski definition) is 0. The Labute approximate surface area is 183 Å². The number of carbonyl (C=O) groups excluding carboxylic acids is 1. The van der Waals surface area contributed by atoms with Gasteiger partial charge in [-0.25, -0.2) is 0 Å². The fourth-order valence-corrected chi connectivity index (χ4v) is 5.06. The molecule has 6 heteroatoms. The Morgan fingerprint density at radius 3 is 2.68 bits per heavy atom. The largest absolute Gasteiger partial charge is 0.373 e. The predicted molar refractivity (Wildman–Crippen MR) is 121 cm³/mol. The van der Waals surface area contributed by atoms with Crippen molar-refractivity contribution in [3.63, 3.8) is 0 Å². The van der Waals surface area contributed by atoms with Gasteiger partial charge in [-0.05, 0) is 42.8 Å². The molecular weight excluding hydrogens is 388 g/mol. The van der Waals surface area contributed by atoms with E-state index in [1.807, 2.05) is 59.4 Å². The minimum absolute atomic E-state index is 0.0602. The van der Waals surface area contributed by atoms with Crippen LogP contribution in [-0.2, 0) is 11.8 Å². The van der Waals surface area contributed by atoms with Crippen molar-refractivity contribution in [2.75, 3.05) is 32.8 Å². The highest BCUT2D eigenvalue weighted by Gasteiger charge is 2.38. The van der Waals surface area contributed by atoms with E-state index in [2.05, 4.69) is 22.1 Å². The van der Waals surface area contributed by atoms with Gasteiger partial charge in [0.25, 0.3) is 5.91 Å². The zero-order chi connectivity index (χ0) is 21.2. The Bertz CT molecular complexity index is 1050. The number of carbonyl (C=O) groups is 1. The molecule has 2 saturated heterocycles. The molecule has 0 radical (unpaired) electrons. The highest BCUT2D eigenvalue weighted by Crippen LogP contribution is 2.33. The first-order valence-corrected chi connectivity index (χ1v) is 11.3. The number of hydrogen-bond acceptors (Lipinski definition) is 4. The zero-order valence-corrected chi connectivity index (χ0v) is 18.1. The number of likely N-dealkylation sites (tertiary alicyclic amines) is 1. The maximum atomic E-state index is 13.9. The minimum atomic E-state index is -0.143. The maximum Gasteiger partial charge on any atom is 0.255 e. The fourth-order valence-electron chi connectivity index (χ4n) is 5.06. The average Bonchev–Trinajstić information content (AvgIpc) is 3.24. The van der Waals surface area contributed by atoms with Crippen molar-refractivity contribution in [2.45, 2.75) is 31.4 Å². The molecule has 0 aliphatic carbocycles. The van der Waals surface area contributed by atoms with E-state index in [9.17, 15) is 4.79 Å². The molecule has 2 atom stereocenters. The quantitative estimate of drug-likeness (QED) is 0.649. The van der Waals surface area contributed by atoms with Crippen molar-refractivity contribution in [3.8, 4) is 0 Å². The molecule has 2 aromatic carbocycles. The highest BCUT2D eigenvalue weighted by atomic mass is 16.5. The summed E-state index contributed by atoms with van der Waals surface area (Å²) < 4.78 is 8.10. The lowest BCUT2D eigenvalue weighted by molar-refractivity contribution is -0.0741. The number of amides is 1. The fraction of sp³-hybridized carbons (Fsp3) is 0.440. The Kier molecular flexibility index (Phi) is 5.74. The van der Waals surface area contributed by atoms with Crippen LogP contribution in [0.2, 0.25) is 0 Å². The van der Waals surface area contributed by atoms with Crippen molar-refractivity contribution in [3.05, 3.63) is 66.0 Å². The molecule has 0 saturated carbocycles. The summed E-state index contributed by atoms with van der Waals surface area (Å²) >= 11 is 0. The summed E-state index contributed by atoms with van der Waals surface area (Å²) in [6.45, 7) is 4.20. The van der Waals surface area contributed by atoms with Crippen LogP contribution >= 0.6 is 0 Å². The van der Waals surface area contributed by atoms with E-state index in [4.69, 9.17) is 4.74 Å². The van der Waals surface area contributed by atoms with E-state index >= 15 is 0 Å². The molecule has 2 aliphatic rings. The number of benzene rings is 2. The second kappa shape index (κ2) is 8.81. The topological polar surface area (TPSA) is 50.6 Å². The first-order chi connectivity index (χ1) is 15.2. The predicted octanol–water partition coefficient (Wildman–Crippen LogP) is 3.64. The molecule has 5 rings (SSSR count). The smallest absolute Gasteiger partial charge is 0.255 e. The van der Waals surface area contributed by atoms with Gasteiger partial charge in [-0.3, -0.25) is 9.48 Å². The average molecular weight is 419 g/mol. The molecule has 1 amide bonds. The third-order valence-electron chi connectivity index (χ3n) is 6.59. The van der Waals surface area contributed by atoms with Gasteiger partial charge in [0.1, 0.15) is 0 Å². The van der Waals surface area contributed by atoms with Crippen LogP contribution < -0.4 is 0 Å². The Balaban J connectivity index is 1.49. The number of nitrogens with zero attached hydrogens (tertiary/aromatic N) is 4. The highest BCUT2D eigenvalue weighted by molar-refractivity contribution is 6.07. The van der Waals surface area contributed by atoms with Crippen LogP contribution in [0.1, 0.15) is 41.2 Å². The van der Waals surface area contributed by atoms with Gasteiger partial charge in [-0.15, -0.1) is 0 Å². The standard InChI is InChI=1S/C25H30N4O2/c1-27-17-20(16-26-27)24-23(18-28-12-5-2-6-13-28)31-15-14-29(24)25(30)22-11-7-9-19-8-3-4-10-21(19)22/h3-4,7-11,16-17,23-24H,2,5-6,12-15,18H2,1H3/t23-,24-/m0/s1. The van der Waals surface area contributed by atoms with Crippen molar-refractivity contribution in [1.29, 1.82) is 0 Å². The lowest BCUT2D eigenvalue weighted by Gasteiger charge is -2.43. The second-order valence-corrected chi connectivity index (χ2v) is 8.69. The lowest BCUT2D eigenvalue weighted by Crippen LogP contribution is -2.52. The summed E-state index contributed by atoms with van der Waals surface area (Å²) in [6, 6.07) is 13.9. The molecule has 31 heavy (non-hydrogen) atoms. The SMILES string of the molecule is Cn1cc([C@H]2[C@H](CN3CCCCC3)OCCN2C(=O)c2cccc3ccccc23)cn1. The number of rotatable bonds is 4.